The van der Waals surface area contributed by atoms with Gasteiger partial charge in [0.2, 0.25) is 0 Å². The predicted molar refractivity (Wildman–Crippen MR) is 78.4 cm³/mol. The van der Waals surface area contributed by atoms with Gasteiger partial charge in [0, 0.05) is 30.8 Å². The summed E-state index contributed by atoms with van der Waals surface area (Å²) in [7, 11) is 0. The third kappa shape index (κ3) is 3.57. The number of likely N-dealkylation sites (tertiary alicyclic amines) is 1. The number of aliphatic hydroxyl groups excluding tert-OH is 1. The first-order chi connectivity index (χ1) is 11.0. The first-order valence-corrected chi connectivity index (χ1v) is 7.84. The first-order valence-electron chi connectivity index (χ1n) is 7.84. The summed E-state index contributed by atoms with van der Waals surface area (Å²) in [6, 6.07) is 3.32. The van der Waals surface area contributed by atoms with Crippen LogP contribution in [-0.4, -0.2) is 42.6 Å². The lowest BCUT2D eigenvalue weighted by Gasteiger charge is -2.17. The third-order valence-electron chi connectivity index (χ3n) is 4.21. The molecule has 23 heavy (non-hydrogen) atoms. The summed E-state index contributed by atoms with van der Waals surface area (Å²) >= 11 is 0. The molecule has 1 aromatic carbocycles. The number of hydrogen-bond acceptors (Lipinski definition) is 5. The second-order valence-corrected chi connectivity index (χ2v) is 5.92. The van der Waals surface area contributed by atoms with Crippen LogP contribution in [0.4, 0.5) is 8.78 Å². The highest BCUT2D eigenvalue weighted by Gasteiger charge is 2.45. The summed E-state index contributed by atoms with van der Waals surface area (Å²) < 4.78 is 41.4. The van der Waals surface area contributed by atoms with E-state index in [1.807, 2.05) is 6.92 Å². The van der Waals surface area contributed by atoms with Crippen molar-refractivity contribution in [3.63, 3.8) is 0 Å². The minimum Gasteiger partial charge on any atom is -0.395 e. The molecule has 0 unspecified atom stereocenters. The molecule has 0 saturated carbocycles. The van der Waals surface area contributed by atoms with Gasteiger partial charge in [0.05, 0.1) is 13.2 Å². The van der Waals surface area contributed by atoms with E-state index in [0.29, 0.717) is 30.2 Å². The molecule has 0 aromatic heterocycles. The number of ether oxygens (including phenoxy) is 3. The number of aliphatic hydroxyl groups is 1. The number of rotatable bonds is 6. The van der Waals surface area contributed by atoms with Gasteiger partial charge in [0.25, 0.3) is 0 Å². The van der Waals surface area contributed by atoms with Crippen LogP contribution < -0.4 is 9.47 Å². The minimum absolute atomic E-state index is 0.0369. The van der Waals surface area contributed by atoms with E-state index in [9.17, 15) is 13.9 Å². The topological polar surface area (TPSA) is 51.2 Å². The standard InChI is InChI=1S/C16H21F2NO4/c1-2-21-10-11-5-6-19(7-11)8-12-3-4-13(9-20)15-14(12)22-16(17,18)23-15/h3-4,11,20H,2,5-10H2,1H3/t11-/m1/s1. The molecule has 1 fully saturated rings. The molecule has 1 saturated heterocycles. The molecule has 1 aromatic rings. The minimum atomic E-state index is -3.68. The van der Waals surface area contributed by atoms with Crippen molar-refractivity contribution in [1.82, 2.24) is 4.90 Å². The number of benzene rings is 1. The molecule has 0 spiro atoms. The average Bonchev–Trinajstić information content (AvgIpc) is 3.08. The van der Waals surface area contributed by atoms with Crippen molar-refractivity contribution < 1.29 is 28.1 Å². The summed E-state index contributed by atoms with van der Waals surface area (Å²) in [5, 5.41) is 9.26. The molecule has 0 amide bonds. The molecular weight excluding hydrogens is 308 g/mol. The molecule has 1 atom stereocenters. The molecular formula is C16H21F2NO4. The van der Waals surface area contributed by atoms with Crippen molar-refractivity contribution in [2.24, 2.45) is 5.92 Å². The van der Waals surface area contributed by atoms with Crippen molar-refractivity contribution in [3.8, 4) is 11.5 Å². The van der Waals surface area contributed by atoms with Gasteiger partial charge in [0.15, 0.2) is 11.5 Å². The van der Waals surface area contributed by atoms with E-state index in [1.54, 1.807) is 12.1 Å². The quantitative estimate of drug-likeness (QED) is 0.868. The Morgan fingerprint density at radius 3 is 2.70 bits per heavy atom. The molecule has 1 N–H and O–H groups in total. The van der Waals surface area contributed by atoms with Crippen molar-refractivity contribution >= 4 is 0 Å². The fraction of sp³-hybridized carbons (Fsp3) is 0.625. The zero-order chi connectivity index (χ0) is 16.4. The van der Waals surface area contributed by atoms with Crippen LogP contribution in [0.5, 0.6) is 11.5 Å². The molecule has 2 heterocycles. The highest BCUT2D eigenvalue weighted by Crippen LogP contribution is 2.46. The number of hydrogen-bond donors (Lipinski definition) is 1. The summed E-state index contributed by atoms with van der Waals surface area (Å²) in [6.45, 7) is 5.30. The Morgan fingerprint density at radius 2 is 2.00 bits per heavy atom. The van der Waals surface area contributed by atoms with E-state index >= 15 is 0 Å². The maximum Gasteiger partial charge on any atom is 0.586 e. The van der Waals surface area contributed by atoms with Crippen LogP contribution in [0.2, 0.25) is 0 Å². The lowest BCUT2D eigenvalue weighted by atomic mass is 10.1. The Bertz CT molecular complexity index is 567. The highest BCUT2D eigenvalue weighted by molar-refractivity contribution is 5.53. The van der Waals surface area contributed by atoms with Gasteiger partial charge in [-0.3, -0.25) is 4.90 Å². The molecule has 128 valence electrons. The molecule has 0 bridgehead atoms. The summed E-state index contributed by atoms with van der Waals surface area (Å²) in [5.41, 5.74) is 0.947. The zero-order valence-electron chi connectivity index (χ0n) is 13.1. The third-order valence-corrected chi connectivity index (χ3v) is 4.21. The highest BCUT2D eigenvalue weighted by atomic mass is 19.3. The number of fused-ring (bicyclic) bond motifs is 1. The summed E-state index contributed by atoms with van der Waals surface area (Å²) in [4.78, 5) is 2.19. The van der Waals surface area contributed by atoms with Gasteiger partial charge in [-0.2, -0.15) is 0 Å². The van der Waals surface area contributed by atoms with Gasteiger partial charge >= 0.3 is 6.29 Å². The normalized spacial score (nSPS) is 22.7. The number of nitrogens with zero attached hydrogens (tertiary/aromatic N) is 1. The lowest BCUT2D eigenvalue weighted by Crippen LogP contribution is -2.26. The number of halogens is 2. The predicted octanol–water partition coefficient (Wildman–Crippen LogP) is 2.36. The van der Waals surface area contributed by atoms with E-state index in [-0.39, 0.29) is 18.1 Å². The smallest absolute Gasteiger partial charge is 0.395 e. The summed E-state index contributed by atoms with van der Waals surface area (Å²) in [6.07, 6.45) is -2.64. The van der Waals surface area contributed by atoms with Crippen LogP contribution in [0.25, 0.3) is 0 Å². The Kier molecular flexibility index (Phi) is 4.70. The van der Waals surface area contributed by atoms with Crippen LogP contribution in [0.15, 0.2) is 12.1 Å². The Balaban J connectivity index is 1.72. The molecule has 2 aliphatic rings. The fourth-order valence-electron chi connectivity index (χ4n) is 3.09. The van der Waals surface area contributed by atoms with Gasteiger partial charge in [-0.05, 0) is 25.8 Å². The average molecular weight is 329 g/mol. The van der Waals surface area contributed by atoms with E-state index < -0.39 is 6.29 Å². The van der Waals surface area contributed by atoms with Gasteiger partial charge in [-0.25, -0.2) is 0 Å². The molecule has 7 heteroatoms. The fourth-order valence-corrected chi connectivity index (χ4v) is 3.09. The monoisotopic (exact) mass is 329 g/mol. The summed E-state index contributed by atoms with van der Waals surface area (Å²) in [5.74, 6) is 0.452. The Morgan fingerprint density at radius 1 is 1.30 bits per heavy atom. The molecule has 5 nitrogen and oxygen atoms in total. The lowest BCUT2D eigenvalue weighted by molar-refractivity contribution is -0.287. The van der Waals surface area contributed by atoms with Gasteiger partial charge in [-0.1, -0.05) is 12.1 Å². The second-order valence-electron chi connectivity index (χ2n) is 5.92. The van der Waals surface area contributed by atoms with E-state index in [4.69, 9.17) is 4.74 Å². The van der Waals surface area contributed by atoms with Crippen molar-refractivity contribution in [1.29, 1.82) is 0 Å². The van der Waals surface area contributed by atoms with Crippen molar-refractivity contribution in [3.05, 3.63) is 23.3 Å². The van der Waals surface area contributed by atoms with Crippen LogP contribution in [0.1, 0.15) is 24.5 Å². The molecule has 2 aliphatic heterocycles. The van der Waals surface area contributed by atoms with Gasteiger partial charge in [0.1, 0.15) is 0 Å². The van der Waals surface area contributed by atoms with Gasteiger partial charge < -0.3 is 19.3 Å². The molecule has 0 radical (unpaired) electrons. The van der Waals surface area contributed by atoms with E-state index in [2.05, 4.69) is 14.4 Å². The molecule has 3 rings (SSSR count). The maximum atomic E-state index is 13.4. The van der Waals surface area contributed by atoms with Crippen LogP contribution in [0.3, 0.4) is 0 Å². The molecule has 0 aliphatic carbocycles. The van der Waals surface area contributed by atoms with Crippen molar-refractivity contribution in [2.45, 2.75) is 32.8 Å². The first kappa shape index (κ1) is 16.4. The van der Waals surface area contributed by atoms with E-state index in [0.717, 1.165) is 26.1 Å². The number of alkyl halides is 2. The van der Waals surface area contributed by atoms with Crippen LogP contribution >= 0.6 is 0 Å². The van der Waals surface area contributed by atoms with Gasteiger partial charge in [-0.15, -0.1) is 8.78 Å². The van der Waals surface area contributed by atoms with E-state index in [1.165, 1.54) is 0 Å². The zero-order valence-corrected chi connectivity index (χ0v) is 13.1. The van der Waals surface area contributed by atoms with Crippen LogP contribution in [0, 0.1) is 5.92 Å². The largest absolute Gasteiger partial charge is 0.586 e. The Hall–Kier alpha value is -1.44. The Labute approximate surface area is 133 Å². The van der Waals surface area contributed by atoms with Crippen LogP contribution in [-0.2, 0) is 17.9 Å². The second kappa shape index (κ2) is 6.59. The maximum absolute atomic E-state index is 13.4. The van der Waals surface area contributed by atoms with Crippen molar-refractivity contribution in [2.75, 3.05) is 26.3 Å². The SMILES string of the molecule is CCOC[C@@H]1CCN(Cc2ccc(CO)c3c2OC(F)(F)O3)C1.